The molecule has 1 aliphatic rings. The highest BCUT2D eigenvalue weighted by atomic mass is 127. The van der Waals surface area contributed by atoms with Crippen LogP contribution in [0, 0.1) is 5.82 Å². The third-order valence-corrected chi connectivity index (χ3v) is 6.23. The number of nitrogens with zero attached hydrogens (tertiary/aromatic N) is 2. The largest absolute Gasteiger partial charge is 0.355 e. The number of nitrogens with one attached hydrogen (secondary N) is 2. The number of sulfonamides is 1. The molecule has 3 rings (SSSR count). The minimum Gasteiger partial charge on any atom is -0.355 e. The van der Waals surface area contributed by atoms with Gasteiger partial charge in [0.05, 0.1) is 11.4 Å². The van der Waals surface area contributed by atoms with Crippen LogP contribution in [0.1, 0.15) is 11.1 Å². The maximum absolute atomic E-state index is 13.7. The van der Waals surface area contributed by atoms with Gasteiger partial charge in [-0.1, -0.05) is 36.4 Å². The second-order valence-corrected chi connectivity index (χ2v) is 8.22. The molecule has 0 saturated heterocycles. The number of para-hydroxylation sites is 1. The van der Waals surface area contributed by atoms with Crippen molar-refractivity contribution in [2.75, 3.05) is 30.2 Å². The molecule has 0 atom stereocenters. The fraction of sp³-hybridized carbons (Fsp3) is 0.316. The van der Waals surface area contributed by atoms with E-state index in [1.54, 1.807) is 25.2 Å². The zero-order valence-electron chi connectivity index (χ0n) is 15.6. The van der Waals surface area contributed by atoms with Gasteiger partial charge >= 0.3 is 0 Å². The molecule has 6 nitrogen and oxygen atoms in total. The summed E-state index contributed by atoms with van der Waals surface area (Å²) in [4.78, 5) is 4.05. The molecule has 152 valence electrons. The Kier molecular flexibility index (Phi) is 8.05. The first-order valence-corrected chi connectivity index (χ1v) is 10.4. The summed E-state index contributed by atoms with van der Waals surface area (Å²) < 4.78 is 40.5. The lowest BCUT2D eigenvalue weighted by atomic mass is 10.2. The summed E-state index contributed by atoms with van der Waals surface area (Å²) in [6.45, 7) is 0.943. The minimum atomic E-state index is -3.42. The molecule has 0 amide bonds. The van der Waals surface area contributed by atoms with Gasteiger partial charge in [0.25, 0.3) is 0 Å². The first-order valence-electron chi connectivity index (χ1n) is 8.77. The lowest BCUT2D eigenvalue weighted by molar-refractivity contribution is 0.590. The van der Waals surface area contributed by atoms with Gasteiger partial charge in [-0.15, -0.1) is 24.0 Å². The molecule has 1 aliphatic heterocycles. The van der Waals surface area contributed by atoms with Gasteiger partial charge in [0.15, 0.2) is 5.96 Å². The van der Waals surface area contributed by atoms with Crippen LogP contribution >= 0.6 is 24.0 Å². The fourth-order valence-corrected chi connectivity index (χ4v) is 4.47. The smallest absolute Gasteiger partial charge is 0.236 e. The van der Waals surface area contributed by atoms with Crippen LogP contribution in [0.15, 0.2) is 53.5 Å². The Bertz CT molecular complexity index is 937. The van der Waals surface area contributed by atoms with Crippen molar-refractivity contribution in [1.82, 2.24) is 10.6 Å². The summed E-state index contributed by atoms with van der Waals surface area (Å²) in [6, 6.07) is 14.0. The SMILES string of the molecule is CN=C(NCCS(=O)(=O)N1CCc2ccccc21)NCc1ccccc1F.I. The summed E-state index contributed by atoms with van der Waals surface area (Å²) in [6.07, 6.45) is 0.731. The summed E-state index contributed by atoms with van der Waals surface area (Å²) in [5, 5.41) is 5.96. The van der Waals surface area contributed by atoms with Crippen LogP contribution in [0.4, 0.5) is 10.1 Å². The monoisotopic (exact) mass is 518 g/mol. The van der Waals surface area contributed by atoms with E-state index in [9.17, 15) is 12.8 Å². The predicted molar refractivity (Wildman–Crippen MR) is 121 cm³/mol. The normalized spacial score (nSPS) is 13.6. The first-order chi connectivity index (χ1) is 13.0. The molecule has 2 N–H and O–H groups in total. The highest BCUT2D eigenvalue weighted by Gasteiger charge is 2.28. The van der Waals surface area contributed by atoms with Gasteiger partial charge in [-0.05, 0) is 24.1 Å². The van der Waals surface area contributed by atoms with E-state index in [4.69, 9.17) is 0 Å². The molecule has 0 bridgehead atoms. The van der Waals surface area contributed by atoms with E-state index in [1.165, 1.54) is 10.4 Å². The van der Waals surface area contributed by atoms with Crippen LogP contribution in [0.25, 0.3) is 0 Å². The Morgan fingerprint density at radius 1 is 1.14 bits per heavy atom. The number of fused-ring (bicyclic) bond motifs is 1. The molecule has 2 aromatic rings. The van der Waals surface area contributed by atoms with Gasteiger partial charge in [-0.25, -0.2) is 12.8 Å². The molecule has 0 spiro atoms. The Morgan fingerprint density at radius 3 is 2.61 bits per heavy atom. The molecule has 2 aromatic carbocycles. The number of aliphatic imine (C=N–C) groups is 1. The Labute approximate surface area is 182 Å². The van der Waals surface area contributed by atoms with Gasteiger partial charge in [0.2, 0.25) is 10.0 Å². The standard InChI is InChI=1S/C19H23FN4O2S.HI/c1-21-19(23-14-16-7-2-4-8-17(16)20)22-11-13-27(25,26)24-12-10-15-6-3-5-9-18(15)24;/h2-9H,10-14H2,1H3,(H2,21,22,23);1H. The van der Waals surface area contributed by atoms with Crippen molar-refractivity contribution in [3.8, 4) is 0 Å². The zero-order chi connectivity index (χ0) is 19.3. The number of anilines is 1. The van der Waals surface area contributed by atoms with E-state index < -0.39 is 10.0 Å². The number of guanidine groups is 1. The third-order valence-electron chi connectivity index (χ3n) is 4.46. The second-order valence-electron chi connectivity index (χ2n) is 6.21. The zero-order valence-corrected chi connectivity index (χ0v) is 18.7. The summed E-state index contributed by atoms with van der Waals surface area (Å²) in [7, 11) is -1.84. The van der Waals surface area contributed by atoms with Crippen molar-refractivity contribution in [3.63, 3.8) is 0 Å². The van der Waals surface area contributed by atoms with E-state index >= 15 is 0 Å². The fourth-order valence-electron chi connectivity index (χ4n) is 3.05. The number of halogens is 2. The molecule has 9 heteroatoms. The van der Waals surface area contributed by atoms with E-state index in [2.05, 4.69) is 15.6 Å². The van der Waals surface area contributed by atoms with Gasteiger partial charge < -0.3 is 10.6 Å². The third kappa shape index (κ3) is 5.34. The lowest BCUT2D eigenvalue weighted by Gasteiger charge is -2.20. The lowest BCUT2D eigenvalue weighted by Crippen LogP contribution is -2.41. The maximum Gasteiger partial charge on any atom is 0.236 e. The number of hydrogen-bond acceptors (Lipinski definition) is 3. The molecule has 28 heavy (non-hydrogen) atoms. The average Bonchev–Trinajstić information content (AvgIpc) is 3.10. The van der Waals surface area contributed by atoms with E-state index in [0.29, 0.717) is 18.1 Å². The van der Waals surface area contributed by atoms with E-state index in [1.807, 2.05) is 24.3 Å². The molecule has 0 radical (unpaired) electrons. The summed E-state index contributed by atoms with van der Waals surface area (Å²) in [5.41, 5.74) is 2.33. The number of benzene rings is 2. The summed E-state index contributed by atoms with van der Waals surface area (Å²) >= 11 is 0. The molecule has 0 saturated carbocycles. The van der Waals surface area contributed by atoms with Crippen LogP contribution in [0.3, 0.4) is 0 Å². The van der Waals surface area contributed by atoms with Crippen LogP contribution in [-0.2, 0) is 23.0 Å². The highest BCUT2D eigenvalue weighted by molar-refractivity contribution is 14.0. The van der Waals surface area contributed by atoms with E-state index in [0.717, 1.165) is 17.7 Å². The quantitative estimate of drug-likeness (QED) is 0.350. The molecule has 0 unspecified atom stereocenters. The Hall–Kier alpha value is -1.88. The van der Waals surface area contributed by atoms with E-state index in [-0.39, 0.29) is 48.6 Å². The Balaban J connectivity index is 0.00000280. The maximum atomic E-state index is 13.7. The van der Waals surface area contributed by atoms with Crippen molar-refractivity contribution >= 4 is 45.6 Å². The molecular formula is C19H24FIN4O2S. The topological polar surface area (TPSA) is 73.8 Å². The average molecular weight is 518 g/mol. The van der Waals surface area contributed by atoms with Crippen molar-refractivity contribution in [1.29, 1.82) is 0 Å². The van der Waals surface area contributed by atoms with Crippen LogP contribution in [0.5, 0.6) is 0 Å². The highest BCUT2D eigenvalue weighted by Crippen LogP contribution is 2.29. The van der Waals surface area contributed by atoms with Crippen LogP contribution in [-0.4, -0.2) is 40.3 Å². The predicted octanol–water partition coefficient (Wildman–Crippen LogP) is 2.50. The van der Waals surface area contributed by atoms with Gasteiger partial charge in [-0.2, -0.15) is 0 Å². The van der Waals surface area contributed by atoms with Gasteiger partial charge in [0.1, 0.15) is 5.82 Å². The molecular weight excluding hydrogens is 494 g/mol. The van der Waals surface area contributed by atoms with Crippen LogP contribution in [0.2, 0.25) is 0 Å². The molecule has 0 aliphatic carbocycles. The van der Waals surface area contributed by atoms with Gasteiger partial charge in [-0.3, -0.25) is 9.30 Å². The number of rotatable bonds is 6. The molecule has 0 aromatic heterocycles. The second kappa shape index (κ2) is 10.1. The van der Waals surface area contributed by atoms with Gasteiger partial charge in [0, 0.05) is 32.2 Å². The van der Waals surface area contributed by atoms with Crippen molar-refractivity contribution in [2.24, 2.45) is 4.99 Å². The van der Waals surface area contributed by atoms with Crippen molar-refractivity contribution < 1.29 is 12.8 Å². The molecule has 1 heterocycles. The summed E-state index contributed by atoms with van der Waals surface area (Å²) in [5.74, 6) is 0.0767. The van der Waals surface area contributed by atoms with Crippen LogP contribution < -0.4 is 14.9 Å². The minimum absolute atomic E-state index is 0. The molecule has 0 fully saturated rings. The van der Waals surface area contributed by atoms with Crippen molar-refractivity contribution in [3.05, 3.63) is 65.5 Å². The number of hydrogen-bond donors (Lipinski definition) is 2. The Morgan fingerprint density at radius 2 is 1.86 bits per heavy atom. The van der Waals surface area contributed by atoms with Crippen molar-refractivity contribution in [2.45, 2.75) is 13.0 Å². The first kappa shape index (κ1) is 22.4.